The molecule has 0 spiro atoms. The summed E-state index contributed by atoms with van der Waals surface area (Å²) in [6.45, 7) is 1.61. The summed E-state index contributed by atoms with van der Waals surface area (Å²) in [5.74, 6) is -1.82. The molecule has 0 saturated heterocycles. The molecule has 5 nitrogen and oxygen atoms in total. The standard InChI is InChI=1S/C9H9F2NO4/c1-2-16-9(15)4-3-5(13)6(7(10)11)8(14)12-4/h3,7H,2H2,1H3,(H2,12,13,14). The summed E-state index contributed by atoms with van der Waals surface area (Å²) < 4.78 is 29.1. The van der Waals surface area contributed by atoms with Crippen LogP contribution in [-0.2, 0) is 4.74 Å². The zero-order valence-corrected chi connectivity index (χ0v) is 8.29. The van der Waals surface area contributed by atoms with Gasteiger partial charge >= 0.3 is 5.97 Å². The third-order valence-electron chi connectivity index (χ3n) is 1.76. The fourth-order valence-electron chi connectivity index (χ4n) is 1.09. The Kier molecular flexibility index (Phi) is 3.60. The number of pyridine rings is 1. The Balaban J connectivity index is 3.20. The molecule has 1 heterocycles. The second kappa shape index (κ2) is 4.73. The number of alkyl halides is 2. The van der Waals surface area contributed by atoms with Crippen LogP contribution < -0.4 is 5.56 Å². The predicted molar refractivity (Wildman–Crippen MR) is 49.6 cm³/mol. The Morgan fingerprint density at radius 2 is 2.25 bits per heavy atom. The summed E-state index contributed by atoms with van der Waals surface area (Å²) in [6, 6.07) is 0.737. The molecule has 16 heavy (non-hydrogen) atoms. The van der Waals surface area contributed by atoms with Gasteiger partial charge in [-0.3, -0.25) is 4.79 Å². The summed E-state index contributed by atoms with van der Waals surface area (Å²) in [4.78, 5) is 24.2. The zero-order chi connectivity index (χ0) is 12.3. The van der Waals surface area contributed by atoms with Crippen LogP contribution >= 0.6 is 0 Å². The van der Waals surface area contributed by atoms with Gasteiger partial charge in [-0.2, -0.15) is 0 Å². The van der Waals surface area contributed by atoms with Gasteiger partial charge < -0.3 is 14.8 Å². The van der Waals surface area contributed by atoms with Crippen molar-refractivity contribution in [2.24, 2.45) is 0 Å². The molecular formula is C9H9F2NO4. The van der Waals surface area contributed by atoms with Gasteiger partial charge in [0.1, 0.15) is 17.0 Å². The molecule has 0 amide bonds. The Morgan fingerprint density at radius 1 is 1.62 bits per heavy atom. The number of carbonyl (C=O) groups is 1. The molecule has 7 heteroatoms. The second-order valence-corrected chi connectivity index (χ2v) is 2.83. The number of hydrogen-bond acceptors (Lipinski definition) is 4. The van der Waals surface area contributed by atoms with Crippen LogP contribution in [0.25, 0.3) is 0 Å². The minimum atomic E-state index is -3.11. The lowest BCUT2D eigenvalue weighted by Crippen LogP contribution is -2.18. The third kappa shape index (κ3) is 2.36. The number of aromatic amines is 1. The van der Waals surface area contributed by atoms with Crippen molar-refractivity contribution in [3.63, 3.8) is 0 Å². The molecule has 1 aromatic rings. The summed E-state index contributed by atoms with van der Waals surface area (Å²) in [5, 5.41) is 9.15. The number of ether oxygens (including phenoxy) is 1. The molecule has 0 bridgehead atoms. The van der Waals surface area contributed by atoms with Crippen molar-refractivity contribution >= 4 is 5.97 Å². The topological polar surface area (TPSA) is 79.4 Å². The molecule has 1 aromatic heterocycles. The number of aromatic nitrogens is 1. The minimum Gasteiger partial charge on any atom is -0.507 e. The smallest absolute Gasteiger partial charge is 0.354 e. The Labute approximate surface area is 88.7 Å². The van der Waals surface area contributed by atoms with Crippen LogP contribution in [0.15, 0.2) is 10.9 Å². The van der Waals surface area contributed by atoms with Gasteiger partial charge in [-0.15, -0.1) is 0 Å². The number of carbonyl (C=O) groups excluding carboxylic acids is 1. The number of esters is 1. The lowest BCUT2D eigenvalue weighted by Gasteiger charge is -2.05. The molecule has 0 unspecified atom stereocenters. The van der Waals surface area contributed by atoms with Gasteiger partial charge in [-0.25, -0.2) is 13.6 Å². The van der Waals surface area contributed by atoms with Crippen molar-refractivity contribution in [2.45, 2.75) is 13.3 Å². The maximum atomic E-state index is 12.3. The van der Waals surface area contributed by atoms with E-state index in [-0.39, 0.29) is 12.3 Å². The van der Waals surface area contributed by atoms with Crippen LogP contribution in [0.3, 0.4) is 0 Å². The Hall–Kier alpha value is -1.92. The van der Waals surface area contributed by atoms with E-state index in [1.54, 1.807) is 6.92 Å². The van der Waals surface area contributed by atoms with Gasteiger partial charge in [0, 0.05) is 6.07 Å². The van der Waals surface area contributed by atoms with E-state index in [4.69, 9.17) is 5.11 Å². The highest BCUT2D eigenvalue weighted by Crippen LogP contribution is 2.24. The SMILES string of the molecule is CCOC(=O)c1cc(O)c(C(F)F)c(=O)[nH]1. The van der Waals surface area contributed by atoms with E-state index in [9.17, 15) is 18.4 Å². The first kappa shape index (κ1) is 12.2. The molecule has 0 aliphatic carbocycles. The van der Waals surface area contributed by atoms with Crippen molar-refractivity contribution in [1.29, 1.82) is 0 Å². The van der Waals surface area contributed by atoms with Gasteiger partial charge in [0.05, 0.1) is 6.61 Å². The molecule has 0 radical (unpaired) electrons. The summed E-state index contributed by atoms with van der Waals surface area (Å²) >= 11 is 0. The molecule has 0 aliphatic rings. The van der Waals surface area contributed by atoms with E-state index in [2.05, 4.69) is 4.74 Å². The highest BCUT2D eigenvalue weighted by molar-refractivity contribution is 5.87. The first-order chi connectivity index (χ1) is 7.47. The molecular weight excluding hydrogens is 224 g/mol. The average molecular weight is 233 g/mol. The lowest BCUT2D eigenvalue weighted by atomic mass is 10.2. The number of halogens is 2. The number of H-pyrrole nitrogens is 1. The van der Waals surface area contributed by atoms with Gasteiger partial charge in [-0.1, -0.05) is 0 Å². The molecule has 0 aromatic carbocycles. The first-order valence-electron chi connectivity index (χ1n) is 4.38. The third-order valence-corrected chi connectivity index (χ3v) is 1.76. The van der Waals surface area contributed by atoms with Gasteiger partial charge in [0.2, 0.25) is 0 Å². The monoisotopic (exact) mass is 233 g/mol. The normalized spacial score (nSPS) is 10.5. The van der Waals surface area contributed by atoms with Crippen molar-refractivity contribution in [1.82, 2.24) is 4.98 Å². The molecule has 88 valence electrons. The molecule has 1 rings (SSSR count). The minimum absolute atomic E-state index is 0.0677. The van der Waals surface area contributed by atoms with E-state index in [1.807, 2.05) is 4.98 Å². The largest absolute Gasteiger partial charge is 0.507 e. The quantitative estimate of drug-likeness (QED) is 0.768. The molecule has 2 N–H and O–H groups in total. The number of aromatic hydroxyl groups is 1. The zero-order valence-electron chi connectivity index (χ0n) is 8.29. The molecule has 0 aliphatic heterocycles. The van der Waals surface area contributed by atoms with Crippen molar-refractivity contribution < 1.29 is 23.4 Å². The highest BCUT2D eigenvalue weighted by Gasteiger charge is 2.20. The van der Waals surface area contributed by atoms with E-state index in [0.29, 0.717) is 0 Å². The van der Waals surface area contributed by atoms with Crippen molar-refractivity contribution in [3.8, 4) is 5.75 Å². The van der Waals surface area contributed by atoms with E-state index in [1.165, 1.54) is 0 Å². The fraction of sp³-hybridized carbons (Fsp3) is 0.333. The van der Waals surface area contributed by atoms with Crippen LogP contribution in [0.2, 0.25) is 0 Å². The Bertz CT molecular complexity index is 455. The van der Waals surface area contributed by atoms with Gasteiger partial charge in [0.25, 0.3) is 12.0 Å². The van der Waals surface area contributed by atoms with E-state index in [0.717, 1.165) is 6.07 Å². The molecule has 0 fully saturated rings. The van der Waals surface area contributed by atoms with Crippen LogP contribution in [-0.4, -0.2) is 22.7 Å². The number of nitrogens with one attached hydrogen (secondary N) is 1. The van der Waals surface area contributed by atoms with Crippen LogP contribution in [0, 0.1) is 0 Å². The van der Waals surface area contributed by atoms with Crippen LogP contribution in [0.5, 0.6) is 5.75 Å². The first-order valence-corrected chi connectivity index (χ1v) is 4.38. The average Bonchev–Trinajstić information content (AvgIpc) is 2.16. The lowest BCUT2D eigenvalue weighted by molar-refractivity contribution is 0.0517. The predicted octanol–water partition coefficient (Wildman–Crippen LogP) is 1.19. The van der Waals surface area contributed by atoms with Crippen LogP contribution in [0.1, 0.15) is 29.4 Å². The van der Waals surface area contributed by atoms with Gasteiger partial charge in [-0.05, 0) is 6.92 Å². The maximum absolute atomic E-state index is 12.3. The summed E-state index contributed by atoms with van der Waals surface area (Å²) in [5.41, 5.74) is -2.64. The van der Waals surface area contributed by atoms with E-state index < -0.39 is 29.3 Å². The fourth-order valence-corrected chi connectivity index (χ4v) is 1.09. The number of rotatable bonds is 3. The van der Waals surface area contributed by atoms with E-state index >= 15 is 0 Å². The van der Waals surface area contributed by atoms with Crippen molar-refractivity contribution in [2.75, 3.05) is 6.61 Å². The Morgan fingerprint density at radius 3 is 2.69 bits per heavy atom. The van der Waals surface area contributed by atoms with Gasteiger partial charge in [0.15, 0.2) is 0 Å². The van der Waals surface area contributed by atoms with Crippen LogP contribution in [0.4, 0.5) is 8.78 Å². The summed E-state index contributed by atoms with van der Waals surface area (Å²) in [7, 11) is 0. The van der Waals surface area contributed by atoms with Crippen molar-refractivity contribution in [3.05, 3.63) is 27.7 Å². The second-order valence-electron chi connectivity index (χ2n) is 2.83. The summed E-state index contributed by atoms with van der Waals surface area (Å²) in [6.07, 6.45) is -3.11. The maximum Gasteiger partial charge on any atom is 0.354 e. The number of hydrogen-bond donors (Lipinski definition) is 2. The highest BCUT2D eigenvalue weighted by atomic mass is 19.3. The molecule has 0 atom stereocenters. The molecule has 0 saturated carbocycles.